The van der Waals surface area contributed by atoms with Crippen LogP contribution in [0.1, 0.15) is 11.1 Å². The Balaban J connectivity index is 1.83. The Morgan fingerprint density at radius 3 is 2.33 bits per heavy atom. The highest BCUT2D eigenvalue weighted by atomic mass is 19.4. The number of hydrogen-bond acceptors (Lipinski definition) is 5. The summed E-state index contributed by atoms with van der Waals surface area (Å²) >= 11 is 0. The molecule has 0 bridgehead atoms. The molecule has 1 N–H and O–H groups in total. The molecule has 1 aromatic heterocycles. The largest absolute Gasteiger partial charge is 0.497 e. The second-order valence-corrected chi connectivity index (χ2v) is 5.54. The summed E-state index contributed by atoms with van der Waals surface area (Å²) in [5, 5.41) is 2.85. The summed E-state index contributed by atoms with van der Waals surface area (Å²) in [6.07, 6.45) is -3.91. The molecule has 27 heavy (non-hydrogen) atoms. The number of alkyl halides is 3. The number of nitrogens with zero attached hydrogens (tertiary/aromatic N) is 2. The van der Waals surface area contributed by atoms with E-state index in [0.717, 1.165) is 5.56 Å². The van der Waals surface area contributed by atoms with Gasteiger partial charge < -0.3 is 14.8 Å². The van der Waals surface area contributed by atoms with Crippen LogP contribution in [0.2, 0.25) is 0 Å². The molecular formula is C19H16F3N3O2. The van der Waals surface area contributed by atoms with Crippen molar-refractivity contribution in [3.63, 3.8) is 0 Å². The van der Waals surface area contributed by atoms with E-state index in [0.29, 0.717) is 17.6 Å². The van der Waals surface area contributed by atoms with E-state index in [2.05, 4.69) is 15.3 Å². The van der Waals surface area contributed by atoms with E-state index in [9.17, 15) is 13.2 Å². The number of ether oxygens (including phenoxy) is 2. The maximum absolute atomic E-state index is 13.2. The number of aromatic nitrogens is 2. The van der Waals surface area contributed by atoms with E-state index in [-0.39, 0.29) is 12.6 Å². The zero-order chi connectivity index (χ0) is 19.3. The van der Waals surface area contributed by atoms with Crippen LogP contribution in [-0.4, -0.2) is 17.1 Å². The molecule has 0 saturated heterocycles. The summed E-state index contributed by atoms with van der Waals surface area (Å²) in [6.45, 7) is -0.0388. The average Bonchev–Trinajstić information content (AvgIpc) is 2.67. The lowest BCUT2D eigenvalue weighted by Crippen LogP contribution is -2.12. The van der Waals surface area contributed by atoms with Gasteiger partial charge in [0.15, 0.2) is 0 Å². The summed E-state index contributed by atoms with van der Waals surface area (Å²) in [5.41, 5.74) is 0.303. The van der Waals surface area contributed by atoms with Gasteiger partial charge in [-0.05, 0) is 29.8 Å². The van der Waals surface area contributed by atoms with Crippen molar-refractivity contribution < 1.29 is 22.6 Å². The monoisotopic (exact) mass is 375 g/mol. The molecule has 0 atom stereocenters. The van der Waals surface area contributed by atoms with Crippen LogP contribution in [0.4, 0.5) is 24.8 Å². The first kappa shape index (κ1) is 18.5. The summed E-state index contributed by atoms with van der Waals surface area (Å²) in [6, 6.07) is 15.7. The molecule has 0 aliphatic carbocycles. The number of halogens is 3. The number of benzene rings is 2. The lowest BCUT2D eigenvalue weighted by Gasteiger charge is -2.14. The molecule has 0 fully saturated rings. The molecule has 0 amide bonds. The molecule has 0 radical (unpaired) electrons. The first-order valence-corrected chi connectivity index (χ1v) is 7.98. The zero-order valence-electron chi connectivity index (χ0n) is 14.3. The number of rotatable bonds is 6. The fourth-order valence-electron chi connectivity index (χ4n) is 2.26. The third-order valence-corrected chi connectivity index (χ3v) is 3.62. The van der Waals surface area contributed by atoms with Crippen LogP contribution in [0.15, 0.2) is 60.8 Å². The van der Waals surface area contributed by atoms with Gasteiger partial charge in [0.25, 0.3) is 0 Å². The standard InChI is InChI=1S/C19H16F3N3O2/c1-26-15-9-7-14(8-10-15)24-18-23-11-16(19(20,21)22)17(25-18)27-12-13-5-3-2-4-6-13/h2-11H,12H2,1H3,(H,23,24,25). The molecule has 0 unspecified atom stereocenters. The molecule has 2 aromatic carbocycles. The van der Waals surface area contributed by atoms with E-state index in [1.807, 2.05) is 6.07 Å². The maximum Gasteiger partial charge on any atom is 0.423 e. The minimum absolute atomic E-state index is 0.00349. The smallest absolute Gasteiger partial charge is 0.423 e. The highest BCUT2D eigenvalue weighted by molar-refractivity contribution is 5.55. The predicted octanol–water partition coefficient (Wildman–Crippen LogP) is 4.83. The second-order valence-electron chi connectivity index (χ2n) is 5.54. The number of hydrogen-bond donors (Lipinski definition) is 1. The Labute approximate surface area is 153 Å². The Kier molecular flexibility index (Phi) is 5.44. The molecule has 0 spiro atoms. The highest BCUT2D eigenvalue weighted by Gasteiger charge is 2.36. The van der Waals surface area contributed by atoms with Gasteiger partial charge in [0, 0.05) is 11.9 Å². The molecule has 1 heterocycles. The van der Waals surface area contributed by atoms with Crippen LogP contribution in [0, 0.1) is 0 Å². The third kappa shape index (κ3) is 4.87. The van der Waals surface area contributed by atoms with Crippen LogP contribution < -0.4 is 14.8 Å². The molecule has 0 saturated carbocycles. The van der Waals surface area contributed by atoms with Crippen molar-refractivity contribution in [3.8, 4) is 11.6 Å². The normalized spacial score (nSPS) is 11.1. The number of methoxy groups -OCH3 is 1. The molecule has 0 aliphatic heterocycles. The van der Waals surface area contributed by atoms with E-state index < -0.39 is 17.6 Å². The van der Waals surface area contributed by atoms with Gasteiger partial charge in [-0.2, -0.15) is 18.2 Å². The van der Waals surface area contributed by atoms with E-state index in [1.165, 1.54) is 7.11 Å². The van der Waals surface area contributed by atoms with Crippen molar-refractivity contribution in [1.82, 2.24) is 9.97 Å². The van der Waals surface area contributed by atoms with Crippen molar-refractivity contribution in [2.75, 3.05) is 12.4 Å². The molecule has 140 valence electrons. The fourth-order valence-corrected chi connectivity index (χ4v) is 2.26. The van der Waals surface area contributed by atoms with Gasteiger partial charge in [-0.15, -0.1) is 0 Å². The van der Waals surface area contributed by atoms with Crippen molar-refractivity contribution in [2.24, 2.45) is 0 Å². The van der Waals surface area contributed by atoms with Gasteiger partial charge in [-0.25, -0.2) is 4.98 Å². The minimum Gasteiger partial charge on any atom is -0.497 e. The first-order valence-electron chi connectivity index (χ1n) is 7.98. The van der Waals surface area contributed by atoms with Crippen LogP contribution in [0.5, 0.6) is 11.6 Å². The Morgan fingerprint density at radius 1 is 1.00 bits per heavy atom. The molecule has 8 heteroatoms. The van der Waals surface area contributed by atoms with E-state index in [1.54, 1.807) is 48.5 Å². The van der Waals surface area contributed by atoms with Gasteiger partial charge in [-0.1, -0.05) is 30.3 Å². The molecule has 0 aliphatic rings. The highest BCUT2D eigenvalue weighted by Crippen LogP contribution is 2.35. The SMILES string of the molecule is COc1ccc(Nc2ncc(C(F)(F)F)c(OCc3ccccc3)n2)cc1. The number of nitrogens with one attached hydrogen (secondary N) is 1. The van der Waals surface area contributed by atoms with Gasteiger partial charge >= 0.3 is 6.18 Å². The molecular weight excluding hydrogens is 359 g/mol. The average molecular weight is 375 g/mol. The van der Waals surface area contributed by atoms with Gasteiger partial charge in [-0.3, -0.25) is 0 Å². The number of anilines is 2. The lowest BCUT2D eigenvalue weighted by molar-refractivity contribution is -0.139. The van der Waals surface area contributed by atoms with Crippen molar-refractivity contribution in [2.45, 2.75) is 12.8 Å². The predicted molar refractivity (Wildman–Crippen MR) is 94.1 cm³/mol. The second kappa shape index (κ2) is 7.94. The Bertz CT molecular complexity index is 885. The molecule has 5 nitrogen and oxygen atoms in total. The van der Waals surface area contributed by atoms with E-state index in [4.69, 9.17) is 9.47 Å². The van der Waals surface area contributed by atoms with Crippen molar-refractivity contribution >= 4 is 11.6 Å². The topological polar surface area (TPSA) is 56.3 Å². The lowest BCUT2D eigenvalue weighted by atomic mass is 10.2. The maximum atomic E-state index is 13.2. The summed E-state index contributed by atoms with van der Waals surface area (Å²) < 4.78 is 50.1. The van der Waals surface area contributed by atoms with Gasteiger partial charge in [0.05, 0.1) is 7.11 Å². The Morgan fingerprint density at radius 2 is 1.70 bits per heavy atom. The molecule has 3 rings (SSSR count). The minimum atomic E-state index is -4.62. The zero-order valence-corrected chi connectivity index (χ0v) is 14.3. The summed E-state index contributed by atoms with van der Waals surface area (Å²) in [4.78, 5) is 7.64. The van der Waals surface area contributed by atoms with Crippen LogP contribution in [0.3, 0.4) is 0 Å². The molecule has 3 aromatic rings. The van der Waals surface area contributed by atoms with Crippen LogP contribution in [0.25, 0.3) is 0 Å². The summed E-state index contributed by atoms with van der Waals surface area (Å²) in [5.74, 6) is 0.120. The Hall–Kier alpha value is -3.29. The third-order valence-electron chi connectivity index (χ3n) is 3.62. The quantitative estimate of drug-likeness (QED) is 0.669. The first-order chi connectivity index (χ1) is 13.0. The van der Waals surface area contributed by atoms with Crippen molar-refractivity contribution in [1.29, 1.82) is 0 Å². The van der Waals surface area contributed by atoms with Gasteiger partial charge in [0.1, 0.15) is 17.9 Å². The van der Waals surface area contributed by atoms with Crippen LogP contribution >= 0.6 is 0 Å². The summed E-state index contributed by atoms with van der Waals surface area (Å²) in [7, 11) is 1.54. The van der Waals surface area contributed by atoms with Crippen molar-refractivity contribution in [3.05, 3.63) is 71.9 Å². The fraction of sp³-hybridized carbons (Fsp3) is 0.158. The van der Waals surface area contributed by atoms with E-state index >= 15 is 0 Å². The van der Waals surface area contributed by atoms with Crippen LogP contribution in [-0.2, 0) is 12.8 Å². The van der Waals surface area contributed by atoms with Gasteiger partial charge in [0.2, 0.25) is 11.8 Å².